The van der Waals surface area contributed by atoms with Gasteiger partial charge in [0.05, 0.1) is 16.1 Å². The Morgan fingerprint density at radius 1 is 1.15 bits per heavy atom. The van der Waals surface area contributed by atoms with Crippen molar-refractivity contribution in [2.24, 2.45) is 0 Å². The summed E-state index contributed by atoms with van der Waals surface area (Å²) >= 11 is 3.10. The number of amides is 1. The van der Waals surface area contributed by atoms with Crippen LogP contribution in [-0.4, -0.2) is 45.3 Å². The summed E-state index contributed by atoms with van der Waals surface area (Å²) in [5, 5.41) is 2.29. The predicted molar refractivity (Wildman–Crippen MR) is 100 cm³/mol. The molecule has 10 heteroatoms. The van der Waals surface area contributed by atoms with E-state index in [-0.39, 0.29) is 16.1 Å². The van der Waals surface area contributed by atoms with Crippen LogP contribution in [0.25, 0.3) is 0 Å². The van der Waals surface area contributed by atoms with Crippen molar-refractivity contribution in [3.63, 3.8) is 0 Å². The van der Waals surface area contributed by atoms with E-state index < -0.39 is 34.3 Å². The van der Waals surface area contributed by atoms with Gasteiger partial charge in [-0.3, -0.25) is 4.79 Å². The number of anilines is 1. The minimum absolute atomic E-state index is 0.0208. The molecule has 0 saturated carbocycles. The fourth-order valence-electron chi connectivity index (χ4n) is 1.97. The number of hydrogen-bond donors (Lipinski definition) is 1. The molecule has 0 aromatic heterocycles. The molecule has 0 bridgehead atoms. The zero-order chi connectivity index (χ0) is 20.2. The van der Waals surface area contributed by atoms with E-state index in [0.717, 1.165) is 4.31 Å². The normalized spacial score (nSPS) is 11.3. The maximum Gasteiger partial charge on any atom is 0.338 e. The van der Waals surface area contributed by atoms with Gasteiger partial charge in [0.25, 0.3) is 5.91 Å². The average molecular weight is 459 g/mol. The number of carbonyl (C=O) groups is 2. The highest BCUT2D eigenvalue weighted by Gasteiger charge is 2.18. The number of nitrogens with one attached hydrogen (secondary N) is 1. The molecule has 0 heterocycles. The van der Waals surface area contributed by atoms with Gasteiger partial charge < -0.3 is 10.1 Å². The van der Waals surface area contributed by atoms with Crippen LogP contribution in [0.3, 0.4) is 0 Å². The Morgan fingerprint density at radius 2 is 1.78 bits per heavy atom. The lowest BCUT2D eigenvalue weighted by atomic mass is 10.2. The zero-order valence-corrected chi connectivity index (χ0v) is 16.8. The molecule has 0 unspecified atom stereocenters. The van der Waals surface area contributed by atoms with Crippen molar-refractivity contribution in [1.82, 2.24) is 4.31 Å². The molecule has 0 fully saturated rings. The molecule has 2 aromatic carbocycles. The first kappa shape index (κ1) is 21.0. The number of benzene rings is 2. The van der Waals surface area contributed by atoms with Gasteiger partial charge in [-0.05, 0) is 42.5 Å². The second-order valence-corrected chi connectivity index (χ2v) is 8.63. The van der Waals surface area contributed by atoms with Crippen LogP contribution in [0.5, 0.6) is 0 Å². The fourth-order valence-corrected chi connectivity index (χ4v) is 3.20. The van der Waals surface area contributed by atoms with E-state index in [2.05, 4.69) is 21.2 Å². The van der Waals surface area contributed by atoms with Crippen molar-refractivity contribution < 1.29 is 27.1 Å². The lowest BCUT2D eigenvalue weighted by Crippen LogP contribution is -2.22. The molecule has 0 aliphatic heterocycles. The van der Waals surface area contributed by atoms with Gasteiger partial charge in [0, 0.05) is 18.6 Å². The minimum Gasteiger partial charge on any atom is -0.452 e. The number of halogens is 2. The number of hydrogen-bond acceptors (Lipinski definition) is 5. The molecule has 0 aliphatic carbocycles. The van der Waals surface area contributed by atoms with Crippen molar-refractivity contribution in [3.05, 3.63) is 58.3 Å². The van der Waals surface area contributed by atoms with Gasteiger partial charge in [0.2, 0.25) is 10.0 Å². The van der Waals surface area contributed by atoms with Gasteiger partial charge in [-0.25, -0.2) is 21.9 Å². The summed E-state index contributed by atoms with van der Waals surface area (Å²) in [6, 6.07) is 9.20. The topological polar surface area (TPSA) is 92.8 Å². The molecule has 1 N–H and O–H groups in total. The Kier molecular flexibility index (Phi) is 6.68. The second kappa shape index (κ2) is 8.59. The predicted octanol–water partition coefficient (Wildman–Crippen LogP) is 2.63. The van der Waals surface area contributed by atoms with E-state index in [1.54, 1.807) is 6.07 Å². The van der Waals surface area contributed by atoms with Gasteiger partial charge in [-0.1, -0.05) is 15.9 Å². The van der Waals surface area contributed by atoms with Crippen LogP contribution in [0.15, 0.2) is 51.8 Å². The van der Waals surface area contributed by atoms with Crippen molar-refractivity contribution in [1.29, 1.82) is 0 Å². The highest BCUT2D eigenvalue weighted by molar-refractivity contribution is 9.10. The monoisotopic (exact) mass is 458 g/mol. The average Bonchev–Trinajstić information content (AvgIpc) is 2.62. The molecule has 144 valence electrons. The SMILES string of the molecule is CN(C)S(=O)(=O)c1ccc(C(=O)OCC(=O)Nc2ccc(Br)cc2F)cc1. The van der Waals surface area contributed by atoms with Gasteiger partial charge >= 0.3 is 5.97 Å². The Morgan fingerprint density at radius 3 is 2.33 bits per heavy atom. The summed E-state index contributed by atoms with van der Waals surface area (Å²) < 4.78 is 44.0. The Balaban J connectivity index is 1.96. The van der Waals surface area contributed by atoms with E-state index in [0.29, 0.717) is 4.47 Å². The third kappa shape index (κ3) is 5.34. The summed E-state index contributed by atoms with van der Waals surface area (Å²) in [6.45, 7) is -0.619. The highest BCUT2D eigenvalue weighted by atomic mass is 79.9. The summed E-state index contributed by atoms with van der Waals surface area (Å²) in [4.78, 5) is 23.8. The minimum atomic E-state index is -3.61. The lowest BCUT2D eigenvalue weighted by molar-refractivity contribution is -0.119. The van der Waals surface area contributed by atoms with Gasteiger partial charge in [-0.2, -0.15) is 0 Å². The summed E-state index contributed by atoms with van der Waals surface area (Å²) in [5.41, 5.74) is 0.0350. The largest absolute Gasteiger partial charge is 0.452 e. The molecule has 2 rings (SSSR count). The third-order valence-electron chi connectivity index (χ3n) is 3.41. The van der Waals surface area contributed by atoms with Crippen LogP contribution in [-0.2, 0) is 19.6 Å². The molecule has 0 atom stereocenters. The smallest absolute Gasteiger partial charge is 0.338 e. The van der Waals surface area contributed by atoms with Crippen molar-refractivity contribution in [3.8, 4) is 0 Å². The lowest BCUT2D eigenvalue weighted by Gasteiger charge is -2.11. The summed E-state index contributed by atoms with van der Waals surface area (Å²) in [7, 11) is -0.822. The molecule has 0 radical (unpaired) electrons. The first-order valence-corrected chi connectivity index (χ1v) is 9.79. The van der Waals surface area contributed by atoms with Gasteiger partial charge in [-0.15, -0.1) is 0 Å². The Hall–Kier alpha value is -2.30. The molecular formula is C17H16BrFN2O5S. The van der Waals surface area contributed by atoms with Gasteiger partial charge in [0.15, 0.2) is 6.61 Å². The highest BCUT2D eigenvalue weighted by Crippen LogP contribution is 2.19. The van der Waals surface area contributed by atoms with Crippen molar-refractivity contribution in [2.75, 3.05) is 26.0 Å². The quantitative estimate of drug-likeness (QED) is 0.671. The molecule has 27 heavy (non-hydrogen) atoms. The first-order chi connectivity index (χ1) is 12.6. The summed E-state index contributed by atoms with van der Waals surface area (Å²) in [6.07, 6.45) is 0. The van der Waals surface area contributed by atoms with Crippen LogP contribution in [0.1, 0.15) is 10.4 Å². The van der Waals surface area contributed by atoms with Crippen LogP contribution in [0.2, 0.25) is 0 Å². The van der Waals surface area contributed by atoms with E-state index in [4.69, 9.17) is 4.74 Å². The maximum atomic E-state index is 13.7. The number of sulfonamides is 1. The van der Waals surface area contributed by atoms with E-state index >= 15 is 0 Å². The number of esters is 1. The third-order valence-corrected chi connectivity index (χ3v) is 5.73. The molecule has 0 saturated heterocycles. The molecular weight excluding hydrogens is 443 g/mol. The Labute approximate surface area is 164 Å². The Bertz CT molecular complexity index is 962. The molecule has 7 nitrogen and oxygen atoms in total. The van der Waals surface area contributed by atoms with Crippen LogP contribution in [0, 0.1) is 5.82 Å². The molecule has 0 spiro atoms. The number of carbonyl (C=O) groups excluding carboxylic acids is 2. The van der Waals surface area contributed by atoms with Crippen LogP contribution >= 0.6 is 15.9 Å². The molecule has 1 amide bonds. The van der Waals surface area contributed by atoms with Crippen molar-refractivity contribution >= 4 is 43.5 Å². The summed E-state index contributed by atoms with van der Waals surface area (Å²) in [5.74, 6) is -2.16. The molecule has 0 aliphatic rings. The zero-order valence-electron chi connectivity index (χ0n) is 14.4. The van der Waals surface area contributed by atoms with E-state index in [9.17, 15) is 22.4 Å². The van der Waals surface area contributed by atoms with Crippen LogP contribution < -0.4 is 5.32 Å². The number of ether oxygens (including phenoxy) is 1. The van der Waals surface area contributed by atoms with Crippen LogP contribution in [0.4, 0.5) is 10.1 Å². The molecule has 2 aromatic rings. The van der Waals surface area contributed by atoms with Crippen molar-refractivity contribution in [2.45, 2.75) is 4.90 Å². The fraction of sp³-hybridized carbons (Fsp3) is 0.176. The second-order valence-electron chi connectivity index (χ2n) is 5.56. The number of rotatable bonds is 6. The van der Waals surface area contributed by atoms with E-state index in [1.807, 2.05) is 0 Å². The van der Waals surface area contributed by atoms with Gasteiger partial charge in [0.1, 0.15) is 5.82 Å². The standard InChI is InChI=1S/C17H16BrFN2O5S/c1-21(2)27(24,25)13-6-3-11(4-7-13)17(23)26-10-16(22)20-15-8-5-12(18)9-14(15)19/h3-9H,10H2,1-2H3,(H,20,22). The number of nitrogens with zero attached hydrogens (tertiary/aromatic N) is 1. The first-order valence-electron chi connectivity index (χ1n) is 7.56. The van der Waals surface area contributed by atoms with E-state index in [1.165, 1.54) is 50.5 Å². The maximum absolute atomic E-state index is 13.7.